The predicted octanol–water partition coefficient (Wildman–Crippen LogP) is 3.28. The fourth-order valence-corrected chi connectivity index (χ4v) is 3.41. The zero-order valence-electron chi connectivity index (χ0n) is 15.0. The van der Waals surface area contributed by atoms with E-state index in [-0.39, 0.29) is 29.1 Å². The SMILES string of the molecule is CC(C)(C)c1ccc(S(=O)(=O)NCCNc2ccccc2[N+](=O)[O-])cc1. The molecule has 0 bridgehead atoms. The van der Waals surface area contributed by atoms with Crippen molar-refractivity contribution in [1.82, 2.24) is 4.72 Å². The first-order valence-corrected chi connectivity index (χ1v) is 9.67. The van der Waals surface area contributed by atoms with Crippen LogP contribution in [0.25, 0.3) is 0 Å². The van der Waals surface area contributed by atoms with E-state index in [0.29, 0.717) is 5.69 Å². The van der Waals surface area contributed by atoms with Crippen LogP contribution in [0.4, 0.5) is 11.4 Å². The fraction of sp³-hybridized carbons (Fsp3) is 0.333. The zero-order chi connectivity index (χ0) is 19.4. The second-order valence-electron chi connectivity index (χ2n) is 6.87. The van der Waals surface area contributed by atoms with Crippen LogP contribution in [0.15, 0.2) is 53.4 Å². The van der Waals surface area contributed by atoms with Crippen molar-refractivity contribution in [2.75, 3.05) is 18.4 Å². The summed E-state index contributed by atoms with van der Waals surface area (Å²) in [5.74, 6) is 0. The number of nitrogens with one attached hydrogen (secondary N) is 2. The fourth-order valence-electron chi connectivity index (χ4n) is 2.38. The average molecular weight is 377 g/mol. The molecule has 2 N–H and O–H groups in total. The summed E-state index contributed by atoms with van der Waals surface area (Å²) in [6.45, 7) is 6.51. The predicted molar refractivity (Wildman–Crippen MR) is 102 cm³/mol. The van der Waals surface area contributed by atoms with Gasteiger partial charge in [-0.15, -0.1) is 0 Å². The Bertz CT molecular complexity index is 872. The van der Waals surface area contributed by atoms with Gasteiger partial charge in [-0.25, -0.2) is 13.1 Å². The van der Waals surface area contributed by atoms with E-state index in [0.717, 1.165) is 5.56 Å². The molecule has 0 atom stereocenters. The van der Waals surface area contributed by atoms with E-state index in [4.69, 9.17) is 0 Å². The largest absolute Gasteiger partial charge is 0.378 e. The summed E-state index contributed by atoms with van der Waals surface area (Å²) in [6, 6.07) is 13.0. The molecule has 140 valence electrons. The van der Waals surface area contributed by atoms with Crippen molar-refractivity contribution in [2.24, 2.45) is 0 Å². The molecule has 2 rings (SSSR count). The van der Waals surface area contributed by atoms with Gasteiger partial charge >= 0.3 is 0 Å². The van der Waals surface area contributed by atoms with Crippen LogP contribution in [0.3, 0.4) is 0 Å². The van der Waals surface area contributed by atoms with E-state index < -0.39 is 14.9 Å². The van der Waals surface area contributed by atoms with Crippen molar-refractivity contribution < 1.29 is 13.3 Å². The van der Waals surface area contributed by atoms with Crippen LogP contribution in [0, 0.1) is 10.1 Å². The number of benzene rings is 2. The van der Waals surface area contributed by atoms with E-state index in [1.807, 2.05) is 0 Å². The molecule has 0 fully saturated rings. The highest BCUT2D eigenvalue weighted by atomic mass is 32.2. The van der Waals surface area contributed by atoms with Crippen molar-refractivity contribution in [2.45, 2.75) is 31.1 Å². The van der Waals surface area contributed by atoms with Crippen LogP contribution in [-0.4, -0.2) is 26.4 Å². The van der Waals surface area contributed by atoms with Gasteiger partial charge in [0, 0.05) is 19.2 Å². The van der Waals surface area contributed by atoms with Gasteiger partial charge in [0.15, 0.2) is 0 Å². The summed E-state index contributed by atoms with van der Waals surface area (Å²) in [7, 11) is -3.63. The molecule has 0 aliphatic carbocycles. The number of hydrogen-bond donors (Lipinski definition) is 2. The quantitative estimate of drug-likeness (QED) is 0.438. The standard InChI is InChI=1S/C18H23N3O4S/c1-18(2,3)14-8-10-15(11-9-14)26(24,25)20-13-12-19-16-6-4-5-7-17(16)21(22)23/h4-11,19-20H,12-13H2,1-3H3. The second-order valence-corrected chi connectivity index (χ2v) is 8.64. The number of anilines is 1. The number of hydrogen-bond acceptors (Lipinski definition) is 5. The van der Waals surface area contributed by atoms with Crippen LogP contribution in [0.2, 0.25) is 0 Å². The van der Waals surface area contributed by atoms with Gasteiger partial charge in [0.25, 0.3) is 5.69 Å². The molecule has 0 radical (unpaired) electrons. The molecule has 8 heteroatoms. The van der Waals surface area contributed by atoms with Gasteiger partial charge in [-0.1, -0.05) is 45.0 Å². The first-order valence-electron chi connectivity index (χ1n) is 8.19. The molecular formula is C18H23N3O4S. The summed E-state index contributed by atoms with van der Waals surface area (Å²) in [5.41, 5.74) is 1.30. The molecule has 0 saturated heterocycles. The highest BCUT2D eigenvalue weighted by Crippen LogP contribution is 2.24. The summed E-state index contributed by atoms with van der Waals surface area (Å²) in [6.07, 6.45) is 0. The summed E-state index contributed by atoms with van der Waals surface area (Å²) < 4.78 is 27.2. The summed E-state index contributed by atoms with van der Waals surface area (Å²) in [5, 5.41) is 13.8. The summed E-state index contributed by atoms with van der Waals surface area (Å²) in [4.78, 5) is 10.7. The topological polar surface area (TPSA) is 101 Å². The van der Waals surface area contributed by atoms with Crippen molar-refractivity contribution in [3.63, 3.8) is 0 Å². The third-order valence-corrected chi connectivity index (χ3v) is 5.34. The van der Waals surface area contributed by atoms with Gasteiger partial charge in [-0.3, -0.25) is 10.1 Å². The average Bonchev–Trinajstić information content (AvgIpc) is 2.58. The van der Waals surface area contributed by atoms with Gasteiger partial charge in [0.05, 0.1) is 9.82 Å². The molecule has 0 aliphatic heterocycles. The Morgan fingerprint density at radius 3 is 2.19 bits per heavy atom. The highest BCUT2D eigenvalue weighted by molar-refractivity contribution is 7.89. The van der Waals surface area contributed by atoms with E-state index in [9.17, 15) is 18.5 Å². The Balaban J connectivity index is 1.96. The van der Waals surface area contributed by atoms with Crippen LogP contribution in [0.1, 0.15) is 26.3 Å². The minimum absolute atomic E-state index is 0.0480. The molecule has 0 amide bonds. The van der Waals surface area contributed by atoms with Gasteiger partial charge < -0.3 is 5.32 Å². The van der Waals surface area contributed by atoms with Crippen LogP contribution in [-0.2, 0) is 15.4 Å². The lowest BCUT2D eigenvalue weighted by molar-refractivity contribution is -0.384. The minimum atomic E-state index is -3.63. The van der Waals surface area contributed by atoms with E-state index in [1.165, 1.54) is 6.07 Å². The molecule has 0 unspecified atom stereocenters. The van der Waals surface area contributed by atoms with Gasteiger partial charge in [0.1, 0.15) is 5.69 Å². The maximum atomic E-state index is 12.3. The molecule has 0 aliphatic rings. The van der Waals surface area contributed by atoms with E-state index in [1.54, 1.807) is 42.5 Å². The Labute approximate surface area is 153 Å². The third-order valence-electron chi connectivity index (χ3n) is 3.86. The number of sulfonamides is 1. The van der Waals surface area contributed by atoms with Gasteiger partial charge in [0.2, 0.25) is 10.0 Å². The Hall–Kier alpha value is -2.45. The molecule has 0 heterocycles. The zero-order valence-corrected chi connectivity index (χ0v) is 15.8. The normalized spacial score (nSPS) is 12.0. The molecule has 7 nitrogen and oxygen atoms in total. The molecule has 26 heavy (non-hydrogen) atoms. The lowest BCUT2D eigenvalue weighted by Gasteiger charge is -2.19. The van der Waals surface area contributed by atoms with Crippen molar-refractivity contribution in [3.05, 3.63) is 64.2 Å². The third kappa shape index (κ3) is 5.03. The Kier molecular flexibility index (Phi) is 5.99. The number of nitrogens with zero attached hydrogens (tertiary/aromatic N) is 1. The van der Waals surface area contributed by atoms with E-state index >= 15 is 0 Å². The lowest BCUT2D eigenvalue weighted by atomic mass is 9.87. The number of para-hydroxylation sites is 2. The number of nitro benzene ring substituents is 1. The molecule has 2 aromatic rings. The number of rotatable bonds is 7. The van der Waals surface area contributed by atoms with Crippen LogP contribution in [0.5, 0.6) is 0 Å². The van der Waals surface area contributed by atoms with Gasteiger partial charge in [-0.2, -0.15) is 0 Å². The van der Waals surface area contributed by atoms with E-state index in [2.05, 4.69) is 30.8 Å². The molecule has 2 aromatic carbocycles. The monoisotopic (exact) mass is 377 g/mol. The maximum absolute atomic E-state index is 12.3. The maximum Gasteiger partial charge on any atom is 0.292 e. The molecule has 0 saturated carbocycles. The second kappa shape index (κ2) is 7.84. The number of nitro groups is 1. The first-order chi connectivity index (χ1) is 12.1. The lowest BCUT2D eigenvalue weighted by Crippen LogP contribution is -2.29. The Morgan fingerprint density at radius 2 is 1.62 bits per heavy atom. The smallest absolute Gasteiger partial charge is 0.292 e. The van der Waals surface area contributed by atoms with Crippen LogP contribution >= 0.6 is 0 Å². The first kappa shape index (κ1) is 19.9. The van der Waals surface area contributed by atoms with Gasteiger partial charge in [-0.05, 0) is 29.2 Å². The molecule has 0 aromatic heterocycles. The van der Waals surface area contributed by atoms with Crippen LogP contribution < -0.4 is 10.0 Å². The van der Waals surface area contributed by atoms with Crippen molar-refractivity contribution in [3.8, 4) is 0 Å². The Morgan fingerprint density at radius 1 is 1.00 bits per heavy atom. The highest BCUT2D eigenvalue weighted by Gasteiger charge is 2.17. The van der Waals surface area contributed by atoms with Crippen molar-refractivity contribution >= 4 is 21.4 Å². The van der Waals surface area contributed by atoms with Crippen molar-refractivity contribution in [1.29, 1.82) is 0 Å². The summed E-state index contributed by atoms with van der Waals surface area (Å²) >= 11 is 0. The minimum Gasteiger partial charge on any atom is -0.378 e. The molecule has 0 spiro atoms. The molecular weight excluding hydrogens is 354 g/mol.